The van der Waals surface area contributed by atoms with Crippen molar-refractivity contribution in [1.29, 1.82) is 0 Å². The lowest BCUT2D eigenvalue weighted by Crippen LogP contribution is -2.38. The Kier molecular flexibility index (Phi) is 2.81. The Morgan fingerprint density at radius 2 is 2.00 bits per heavy atom. The Bertz CT molecular complexity index is 334. The molecule has 1 rings (SSSR count). The fraction of sp³-hybridized carbons (Fsp3) is 0.455. The minimum absolute atomic E-state index is 0.0464. The number of phenolic OH excluding ortho intramolecular Hbond substituents is 1. The predicted octanol–water partition coefficient (Wildman–Crippen LogP) is 2.36. The zero-order chi connectivity index (χ0) is 10.9. The van der Waals surface area contributed by atoms with Gasteiger partial charge in [0.15, 0.2) is 0 Å². The molecule has 0 spiro atoms. The van der Waals surface area contributed by atoms with E-state index < -0.39 is 5.54 Å². The Morgan fingerprint density at radius 3 is 2.50 bits per heavy atom. The summed E-state index contributed by atoms with van der Waals surface area (Å²) in [6, 6.07) is 3.84. The Morgan fingerprint density at radius 1 is 1.43 bits per heavy atom. The molecule has 3 N–H and O–H groups in total. The lowest BCUT2D eigenvalue weighted by molar-refractivity contribution is 0.331. The van der Waals surface area contributed by atoms with Crippen molar-refractivity contribution < 1.29 is 9.50 Å². The van der Waals surface area contributed by atoms with Crippen LogP contribution in [0.2, 0.25) is 0 Å². The summed E-state index contributed by atoms with van der Waals surface area (Å²) < 4.78 is 13.0. The number of halogens is 1. The monoisotopic (exact) mass is 197 g/mol. The number of hydrogen-bond donors (Lipinski definition) is 2. The van der Waals surface area contributed by atoms with E-state index in [1.165, 1.54) is 18.2 Å². The van der Waals surface area contributed by atoms with E-state index in [0.29, 0.717) is 5.56 Å². The first-order valence-electron chi connectivity index (χ1n) is 4.63. The number of hydrogen-bond acceptors (Lipinski definition) is 2. The van der Waals surface area contributed by atoms with Crippen LogP contribution in [0.5, 0.6) is 5.75 Å². The average Bonchev–Trinajstić information content (AvgIpc) is 2.08. The molecule has 1 aromatic carbocycles. The van der Waals surface area contributed by atoms with E-state index >= 15 is 0 Å². The summed E-state index contributed by atoms with van der Waals surface area (Å²) in [7, 11) is 0. The first kappa shape index (κ1) is 11.0. The quantitative estimate of drug-likeness (QED) is 0.764. The van der Waals surface area contributed by atoms with Gasteiger partial charge < -0.3 is 10.8 Å². The molecule has 14 heavy (non-hydrogen) atoms. The Hall–Kier alpha value is -1.09. The maximum Gasteiger partial charge on any atom is 0.123 e. The van der Waals surface area contributed by atoms with Gasteiger partial charge in [-0.05, 0) is 31.0 Å². The predicted molar refractivity (Wildman–Crippen MR) is 54.4 cm³/mol. The summed E-state index contributed by atoms with van der Waals surface area (Å²) in [5, 5.41) is 9.57. The first-order chi connectivity index (χ1) is 6.35. The molecular formula is C11H16FNO. The maximum absolute atomic E-state index is 13.0. The highest BCUT2D eigenvalue weighted by molar-refractivity contribution is 5.38. The molecule has 0 aromatic heterocycles. The van der Waals surface area contributed by atoms with E-state index in [2.05, 4.69) is 0 Å². The van der Waals surface area contributed by atoms with Gasteiger partial charge in [0, 0.05) is 11.1 Å². The topological polar surface area (TPSA) is 46.2 Å². The van der Waals surface area contributed by atoms with Crippen LogP contribution >= 0.6 is 0 Å². The third-order valence-electron chi connectivity index (χ3n) is 2.74. The molecule has 0 unspecified atom stereocenters. The summed E-state index contributed by atoms with van der Waals surface area (Å²) in [5.41, 5.74) is 5.76. The Labute approximate surface area is 83.6 Å². The molecule has 1 aromatic rings. The van der Waals surface area contributed by atoms with Crippen LogP contribution in [0.25, 0.3) is 0 Å². The van der Waals surface area contributed by atoms with Gasteiger partial charge >= 0.3 is 0 Å². The third-order valence-corrected chi connectivity index (χ3v) is 2.74. The summed E-state index contributed by atoms with van der Waals surface area (Å²) in [4.78, 5) is 0. The van der Waals surface area contributed by atoms with Crippen molar-refractivity contribution in [3.05, 3.63) is 29.6 Å². The van der Waals surface area contributed by atoms with Crippen LogP contribution in [0, 0.1) is 11.7 Å². The second kappa shape index (κ2) is 3.58. The van der Waals surface area contributed by atoms with Gasteiger partial charge in [-0.1, -0.05) is 13.8 Å². The van der Waals surface area contributed by atoms with Crippen LogP contribution in [-0.4, -0.2) is 5.11 Å². The zero-order valence-electron chi connectivity index (χ0n) is 8.71. The van der Waals surface area contributed by atoms with Crippen molar-refractivity contribution in [2.75, 3.05) is 0 Å². The summed E-state index contributed by atoms with van der Waals surface area (Å²) >= 11 is 0. The average molecular weight is 197 g/mol. The van der Waals surface area contributed by atoms with Gasteiger partial charge in [0.1, 0.15) is 11.6 Å². The second-order valence-electron chi connectivity index (χ2n) is 4.10. The van der Waals surface area contributed by atoms with Gasteiger partial charge in [0.2, 0.25) is 0 Å². The number of aromatic hydroxyl groups is 1. The van der Waals surface area contributed by atoms with E-state index in [9.17, 15) is 9.50 Å². The fourth-order valence-electron chi connectivity index (χ4n) is 1.25. The summed E-state index contributed by atoms with van der Waals surface area (Å²) in [6.45, 7) is 5.65. The van der Waals surface area contributed by atoms with Gasteiger partial charge in [-0.25, -0.2) is 4.39 Å². The van der Waals surface area contributed by atoms with E-state index in [-0.39, 0.29) is 17.5 Å². The largest absolute Gasteiger partial charge is 0.508 e. The molecule has 3 heteroatoms. The minimum atomic E-state index is -0.716. The normalized spacial score (nSPS) is 15.6. The molecule has 0 amide bonds. The van der Waals surface area contributed by atoms with Gasteiger partial charge in [-0.2, -0.15) is 0 Å². The summed E-state index contributed by atoms with van der Waals surface area (Å²) in [6.07, 6.45) is 0. The molecule has 2 nitrogen and oxygen atoms in total. The van der Waals surface area contributed by atoms with Crippen LogP contribution in [0.3, 0.4) is 0 Å². The molecule has 1 atom stereocenters. The summed E-state index contributed by atoms with van der Waals surface area (Å²) in [5.74, 6) is -0.213. The van der Waals surface area contributed by atoms with Crippen molar-refractivity contribution in [1.82, 2.24) is 0 Å². The van der Waals surface area contributed by atoms with Crippen LogP contribution in [0.15, 0.2) is 18.2 Å². The first-order valence-corrected chi connectivity index (χ1v) is 4.63. The molecule has 0 heterocycles. The second-order valence-corrected chi connectivity index (χ2v) is 4.10. The van der Waals surface area contributed by atoms with Crippen molar-refractivity contribution in [2.45, 2.75) is 26.3 Å². The smallest absolute Gasteiger partial charge is 0.123 e. The Balaban J connectivity index is 3.24. The lowest BCUT2D eigenvalue weighted by atomic mass is 9.82. The highest BCUT2D eigenvalue weighted by atomic mass is 19.1. The fourth-order valence-corrected chi connectivity index (χ4v) is 1.25. The van der Waals surface area contributed by atoms with Crippen LogP contribution in [0.4, 0.5) is 4.39 Å². The zero-order valence-corrected chi connectivity index (χ0v) is 8.71. The molecule has 0 aliphatic rings. The molecule has 0 bridgehead atoms. The van der Waals surface area contributed by atoms with Crippen molar-refractivity contribution >= 4 is 0 Å². The molecule has 0 aliphatic carbocycles. The molecular weight excluding hydrogens is 181 g/mol. The van der Waals surface area contributed by atoms with Gasteiger partial charge in [-0.15, -0.1) is 0 Å². The standard InChI is InChI=1S/C11H16FNO/c1-7(2)11(3,13)9-6-8(12)4-5-10(9)14/h4-7,14H,13H2,1-3H3/t11-/m1/s1. The van der Waals surface area contributed by atoms with E-state index in [1.807, 2.05) is 13.8 Å². The van der Waals surface area contributed by atoms with Gasteiger partial charge in [-0.3, -0.25) is 0 Å². The van der Waals surface area contributed by atoms with E-state index in [4.69, 9.17) is 5.73 Å². The molecule has 0 fully saturated rings. The van der Waals surface area contributed by atoms with E-state index in [1.54, 1.807) is 6.92 Å². The van der Waals surface area contributed by atoms with Gasteiger partial charge in [0.25, 0.3) is 0 Å². The van der Waals surface area contributed by atoms with Crippen LogP contribution < -0.4 is 5.73 Å². The van der Waals surface area contributed by atoms with Crippen molar-refractivity contribution in [3.8, 4) is 5.75 Å². The van der Waals surface area contributed by atoms with Crippen LogP contribution in [-0.2, 0) is 5.54 Å². The molecule has 0 saturated carbocycles. The highest BCUT2D eigenvalue weighted by Crippen LogP contribution is 2.32. The molecule has 78 valence electrons. The molecule has 0 aliphatic heterocycles. The SMILES string of the molecule is CC(C)[C@@](C)(N)c1cc(F)ccc1O. The van der Waals surface area contributed by atoms with Crippen LogP contribution in [0.1, 0.15) is 26.3 Å². The molecule has 0 saturated heterocycles. The minimum Gasteiger partial charge on any atom is -0.508 e. The third kappa shape index (κ3) is 1.87. The van der Waals surface area contributed by atoms with Crippen molar-refractivity contribution in [2.24, 2.45) is 11.7 Å². The maximum atomic E-state index is 13.0. The lowest BCUT2D eigenvalue weighted by Gasteiger charge is -2.30. The number of phenols is 1. The number of rotatable bonds is 2. The number of benzene rings is 1. The highest BCUT2D eigenvalue weighted by Gasteiger charge is 2.28. The van der Waals surface area contributed by atoms with Gasteiger partial charge in [0.05, 0.1) is 0 Å². The van der Waals surface area contributed by atoms with E-state index in [0.717, 1.165) is 0 Å². The van der Waals surface area contributed by atoms with Crippen molar-refractivity contribution in [3.63, 3.8) is 0 Å². The number of nitrogens with two attached hydrogens (primary N) is 1. The molecule has 0 radical (unpaired) electrons.